The lowest BCUT2D eigenvalue weighted by atomic mass is 10.1. The van der Waals surface area contributed by atoms with Crippen LogP contribution in [-0.2, 0) is 0 Å². The molecule has 0 saturated carbocycles. The van der Waals surface area contributed by atoms with Gasteiger partial charge < -0.3 is 9.52 Å². The van der Waals surface area contributed by atoms with Crippen LogP contribution in [0.25, 0.3) is 0 Å². The van der Waals surface area contributed by atoms with E-state index in [1.54, 1.807) is 6.92 Å². The number of nitrogens with zero attached hydrogens (tertiary/aromatic N) is 1. The van der Waals surface area contributed by atoms with Gasteiger partial charge >= 0.3 is 6.01 Å². The van der Waals surface area contributed by atoms with Crippen molar-refractivity contribution >= 4 is 11.9 Å². The van der Waals surface area contributed by atoms with Gasteiger partial charge in [-0.1, -0.05) is 11.8 Å². The summed E-state index contributed by atoms with van der Waals surface area (Å²) in [5.41, 5.74) is 0.961. The highest BCUT2D eigenvalue weighted by atomic mass is 19.1. The van der Waals surface area contributed by atoms with Crippen LogP contribution in [0.5, 0.6) is 0 Å². The third-order valence-electron chi connectivity index (χ3n) is 2.37. The summed E-state index contributed by atoms with van der Waals surface area (Å²) in [5.74, 6) is 3.84. The minimum atomic E-state index is -0.589. The molecule has 1 amide bonds. The Hall–Kier alpha value is -2.65. The molecule has 0 aliphatic heterocycles. The molecule has 0 spiro atoms. The van der Waals surface area contributed by atoms with Gasteiger partial charge in [-0.05, 0) is 25.1 Å². The van der Waals surface area contributed by atoms with Gasteiger partial charge in [0.15, 0.2) is 0 Å². The lowest BCUT2D eigenvalue weighted by Gasteiger charge is -2.04. The van der Waals surface area contributed by atoms with Crippen LogP contribution in [0.2, 0.25) is 0 Å². The predicted octanol–water partition coefficient (Wildman–Crippen LogP) is 1.72. The van der Waals surface area contributed by atoms with Gasteiger partial charge in [0, 0.05) is 5.56 Å². The first-order valence-corrected chi connectivity index (χ1v) is 5.73. The number of carbonyl (C=O) groups excluding carboxylic acids is 1. The number of oxazole rings is 1. The van der Waals surface area contributed by atoms with Crippen molar-refractivity contribution in [3.63, 3.8) is 0 Å². The standard InChI is InChI=1S/C14H11FN2O3/c1-9-8-20-14(16-9)17-13(19)12-7-11(15)5-4-10(12)3-2-6-18/h4-5,7-8,18H,6H2,1H3,(H,16,17,19). The van der Waals surface area contributed by atoms with Crippen LogP contribution in [-0.4, -0.2) is 22.6 Å². The Morgan fingerprint density at radius 2 is 2.35 bits per heavy atom. The van der Waals surface area contributed by atoms with E-state index in [2.05, 4.69) is 22.1 Å². The fourth-order valence-corrected chi connectivity index (χ4v) is 1.52. The van der Waals surface area contributed by atoms with Crippen molar-refractivity contribution in [2.75, 3.05) is 11.9 Å². The van der Waals surface area contributed by atoms with Gasteiger partial charge in [-0.25, -0.2) is 4.39 Å². The Balaban J connectivity index is 2.30. The number of benzene rings is 1. The fraction of sp³-hybridized carbons (Fsp3) is 0.143. The highest BCUT2D eigenvalue weighted by molar-refractivity contribution is 6.05. The van der Waals surface area contributed by atoms with Crippen LogP contribution in [0, 0.1) is 24.6 Å². The Morgan fingerprint density at radius 1 is 1.55 bits per heavy atom. The summed E-state index contributed by atoms with van der Waals surface area (Å²) in [6, 6.07) is 3.64. The molecule has 2 aromatic rings. The SMILES string of the molecule is Cc1coc(NC(=O)c2cc(F)ccc2C#CCO)n1. The number of amides is 1. The molecule has 5 nitrogen and oxygen atoms in total. The lowest BCUT2D eigenvalue weighted by Crippen LogP contribution is -2.14. The Kier molecular flexibility index (Phi) is 4.13. The average Bonchev–Trinajstić information content (AvgIpc) is 2.82. The van der Waals surface area contributed by atoms with Crippen molar-refractivity contribution in [3.8, 4) is 11.8 Å². The van der Waals surface area contributed by atoms with Gasteiger partial charge in [-0.3, -0.25) is 10.1 Å². The molecule has 0 unspecified atom stereocenters. The highest BCUT2D eigenvalue weighted by Crippen LogP contribution is 2.14. The van der Waals surface area contributed by atoms with Crippen molar-refractivity contribution < 1.29 is 18.7 Å². The molecule has 6 heteroatoms. The molecule has 0 bridgehead atoms. The molecule has 0 fully saturated rings. The Morgan fingerprint density at radius 3 is 3.00 bits per heavy atom. The van der Waals surface area contributed by atoms with E-state index in [0.717, 1.165) is 6.07 Å². The molecule has 20 heavy (non-hydrogen) atoms. The van der Waals surface area contributed by atoms with Gasteiger partial charge in [0.1, 0.15) is 18.7 Å². The molecule has 2 N–H and O–H groups in total. The predicted molar refractivity (Wildman–Crippen MR) is 69.6 cm³/mol. The van der Waals surface area contributed by atoms with Crippen LogP contribution in [0.1, 0.15) is 21.6 Å². The van der Waals surface area contributed by atoms with Crippen molar-refractivity contribution in [2.45, 2.75) is 6.92 Å². The first-order chi connectivity index (χ1) is 9.60. The summed E-state index contributed by atoms with van der Waals surface area (Å²) in [7, 11) is 0. The van der Waals surface area contributed by atoms with E-state index in [1.807, 2.05) is 0 Å². The van der Waals surface area contributed by atoms with Crippen molar-refractivity contribution in [3.05, 3.63) is 47.1 Å². The second kappa shape index (κ2) is 5.99. The number of aliphatic hydroxyl groups excluding tert-OH is 1. The summed E-state index contributed by atoms with van der Waals surface area (Å²) < 4.78 is 18.3. The Labute approximate surface area is 114 Å². The summed E-state index contributed by atoms with van der Waals surface area (Å²) in [5, 5.41) is 11.1. The smallest absolute Gasteiger partial charge is 0.301 e. The zero-order valence-corrected chi connectivity index (χ0v) is 10.6. The van der Waals surface area contributed by atoms with Crippen molar-refractivity contribution in [2.24, 2.45) is 0 Å². The minimum Gasteiger partial charge on any atom is -0.432 e. The molecule has 0 aliphatic rings. The second-order valence-electron chi connectivity index (χ2n) is 3.90. The number of anilines is 1. The van der Waals surface area contributed by atoms with E-state index in [0.29, 0.717) is 11.3 Å². The quantitative estimate of drug-likeness (QED) is 0.818. The maximum absolute atomic E-state index is 13.3. The molecule has 1 aromatic carbocycles. The number of nitrogens with one attached hydrogen (secondary N) is 1. The van der Waals surface area contributed by atoms with E-state index < -0.39 is 11.7 Å². The maximum atomic E-state index is 13.3. The van der Waals surface area contributed by atoms with Gasteiger partial charge in [0.05, 0.1) is 11.3 Å². The number of aryl methyl sites for hydroxylation is 1. The van der Waals surface area contributed by atoms with Gasteiger partial charge in [0.25, 0.3) is 5.91 Å². The van der Waals surface area contributed by atoms with Gasteiger partial charge in [0.2, 0.25) is 0 Å². The van der Waals surface area contributed by atoms with Crippen LogP contribution < -0.4 is 5.32 Å². The summed E-state index contributed by atoms with van der Waals surface area (Å²) in [4.78, 5) is 16.0. The zero-order valence-electron chi connectivity index (χ0n) is 10.6. The normalized spacial score (nSPS) is 9.75. The van der Waals surface area contributed by atoms with Crippen LogP contribution >= 0.6 is 0 Å². The third-order valence-corrected chi connectivity index (χ3v) is 2.37. The fourth-order valence-electron chi connectivity index (χ4n) is 1.52. The van der Waals surface area contributed by atoms with Crippen LogP contribution in [0.3, 0.4) is 0 Å². The molecule has 1 heterocycles. The zero-order chi connectivity index (χ0) is 14.5. The number of aromatic nitrogens is 1. The first kappa shape index (κ1) is 13.8. The van der Waals surface area contributed by atoms with E-state index >= 15 is 0 Å². The van der Waals surface area contributed by atoms with Crippen molar-refractivity contribution in [1.82, 2.24) is 4.98 Å². The summed E-state index contributed by atoms with van der Waals surface area (Å²) in [6.07, 6.45) is 1.38. The van der Waals surface area contributed by atoms with E-state index in [9.17, 15) is 9.18 Å². The monoisotopic (exact) mass is 274 g/mol. The molecule has 0 saturated heterocycles. The second-order valence-corrected chi connectivity index (χ2v) is 3.90. The van der Waals surface area contributed by atoms with Crippen LogP contribution in [0.4, 0.5) is 10.4 Å². The van der Waals surface area contributed by atoms with Crippen molar-refractivity contribution in [1.29, 1.82) is 0 Å². The highest BCUT2D eigenvalue weighted by Gasteiger charge is 2.14. The average molecular weight is 274 g/mol. The third kappa shape index (κ3) is 3.22. The van der Waals surface area contributed by atoms with Gasteiger partial charge in [-0.15, -0.1) is 0 Å². The number of rotatable bonds is 2. The minimum absolute atomic E-state index is 0.0258. The number of hydrogen-bond donors (Lipinski definition) is 2. The molecular formula is C14H11FN2O3. The summed E-state index contributed by atoms with van der Waals surface area (Å²) >= 11 is 0. The Bertz CT molecular complexity index is 698. The molecule has 0 radical (unpaired) electrons. The number of hydrogen-bond acceptors (Lipinski definition) is 4. The summed E-state index contributed by atoms with van der Waals surface area (Å²) in [6.45, 7) is 1.36. The molecule has 1 aromatic heterocycles. The number of halogens is 1. The largest absolute Gasteiger partial charge is 0.432 e. The molecule has 0 atom stereocenters. The molecule has 0 aliphatic carbocycles. The van der Waals surface area contributed by atoms with Gasteiger partial charge in [-0.2, -0.15) is 4.98 Å². The molecule has 102 valence electrons. The molecular weight excluding hydrogens is 263 g/mol. The van der Waals surface area contributed by atoms with E-state index in [-0.39, 0.29) is 18.2 Å². The maximum Gasteiger partial charge on any atom is 0.301 e. The number of aliphatic hydroxyl groups is 1. The lowest BCUT2D eigenvalue weighted by molar-refractivity contribution is 0.102. The van der Waals surface area contributed by atoms with E-state index in [4.69, 9.17) is 9.52 Å². The topological polar surface area (TPSA) is 75.4 Å². The van der Waals surface area contributed by atoms with E-state index in [1.165, 1.54) is 18.4 Å². The first-order valence-electron chi connectivity index (χ1n) is 5.73. The molecule has 2 rings (SSSR count). The number of carbonyl (C=O) groups is 1. The van der Waals surface area contributed by atoms with Crippen LogP contribution in [0.15, 0.2) is 28.9 Å².